The SMILES string of the molecule is CNCc1cc(Br)cc(S(=O)(=O)N(C)CCN(C)C)c1F. The Balaban J connectivity index is 3.18. The van der Waals surface area contributed by atoms with Gasteiger partial charge in [-0.2, -0.15) is 4.31 Å². The summed E-state index contributed by atoms with van der Waals surface area (Å²) < 4.78 is 41.1. The molecule has 0 spiro atoms. The molecule has 0 unspecified atom stereocenters. The fourth-order valence-electron chi connectivity index (χ4n) is 1.75. The smallest absolute Gasteiger partial charge is 0.245 e. The Hall–Kier alpha value is -0.540. The second-order valence-electron chi connectivity index (χ2n) is 5.04. The van der Waals surface area contributed by atoms with Crippen molar-refractivity contribution in [3.05, 3.63) is 28.0 Å². The van der Waals surface area contributed by atoms with Gasteiger partial charge >= 0.3 is 0 Å². The predicted molar refractivity (Wildman–Crippen MR) is 85.2 cm³/mol. The van der Waals surface area contributed by atoms with Crippen molar-refractivity contribution in [3.63, 3.8) is 0 Å². The molecule has 1 rings (SSSR count). The van der Waals surface area contributed by atoms with Crippen molar-refractivity contribution >= 4 is 26.0 Å². The number of nitrogens with zero attached hydrogens (tertiary/aromatic N) is 2. The summed E-state index contributed by atoms with van der Waals surface area (Å²) in [6.45, 7) is 1.12. The summed E-state index contributed by atoms with van der Waals surface area (Å²) in [4.78, 5) is 1.57. The molecule has 5 nitrogen and oxygen atoms in total. The lowest BCUT2D eigenvalue weighted by atomic mass is 10.2. The van der Waals surface area contributed by atoms with Gasteiger partial charge in [-0.15, -0.1) is 0 Å². The van der Waals surface area contributed by atoms with Crippen LogP contribution in [0, 0.1) is 5.82 Å². The minimum Gasteiger partial charge on any atom is -0.316 e. The molecule has 0 aliphatic rings. The summed E-state index contributed by atoms with van der Waals surface area (Å²) in [7, 11) is 2.98. The minimum atomic E-state index is -3.85. The zero-order valence-electron chi connectivity index (χ0n) is 12.7. The Kier molecular flexibility index (Phi) is 6.73. The van der Waals surface area contributed by atoms with Gasteiger partial charge in [-0.25, -0.2) is 12.8 Å². The maximum Gasteiger partial charge on any atom is 0.245 e. The Bertz CT molecular complexity index is 593. The number of hydrogen-bond acceptors (Lipinski definition) is 4. The van der Waals surface area contributed by atoms with E-state index in [0.29, 0.717) is 23.1 Å². The molecule has 0 aliphatic heterocycles. The van der Waals surface area contributed by atoms with Gasteiger partial charge in [0.05, 0.1) is 0 Å². The van der Waals surface area contributed by atoms with Crippen LogP contribution in [-0.2, 0) is 16.6 Å². The van der Waals surface area contributed by atoms with Crippen LogP contribution < -0.4 is 5.32 Å². The Morgan fingerprint density at radius 3 is 2.38 bits per heavy atom. The number of nitrogens with one attached hydrogen (secondary N) is 1. The summed E-state index contributed by atoms with van der Waals surface area (Å²) in [5, 5.41) is 2.82. The first-order chi connectivity index (χ1) is 9.70. The lowest BCUT2D eigenvalue weighted by Gasteiger charge is -2.20. The molecule has 0 radical (unpaired) electrons. The van der Waals surface area contributed by atoms with E-state index < -0.39 is 15.8 Å². The highest BCUT2D eigenvalue weighted by Gasteiger charge is 2.26. The maximum atomic E-state index is 14.4. The first-order valence-corrected chi connectivity index (χ1v) is 8.67. The lowest BCUT2D eigenvalue weighted by Crippen LogP contribution is -2.34. The molecule has 1 aromatic rings. The standard InChI is InChI=1S/C13H21BrFN3O2S/c1-16-9-10-7-11(14)8-12(13(10)15)21(19,20)18(4)6-5-17(2)3/h7-8,16H,5-6,9H2,1-4H3. The fraction of sp³-hybridized carbons (Fsp3) is 0.538. The molecule has 120 valence electrons. The highest BCUT2D eigenvalue weighted by atomic mass is 79.9. The molecule has 0 saturated heterocycles. The Morgan fingerprint density at radius 1 is 1.24 bits per heavy atom. The molecule has 0 fully saturated rings. The van der Waals surface area contributed by atoms with Crippen molar-refractivity contribution < 1.29 is 12.8 Å². The molecule has 21 heavy (non-hydrogen) atoms. The van der Waals surface area contributed by atoms with Crippen LogP contribution in [0.2, 0.25) is 0 Å². The number of benzene rings is 1. The zero-order chi connectivity index (χ0) is 16.2. The van der Waals surface area contributed by atoms with Gasteiger partial charge in [-0.1, -0.05) is 15.9 Å². The summed E-state index contributed by atoms with van der Waals surface area (Å²) in [5.74, 6) is -0.704. The molecule has 0 aromatic heterocycles. The van der Waals surface area contributed by atoms with Gasteiger partial charge in [-0.05, 0) is 33.3 Å². The third kappa shape index (κ3) is 4.72. The third-order valence-corrected chi connectivity index (χ3v) is 5.31. The summed E-state index contributed by atoms with van der Waals surface area (Å²) >= 11 is 3.24. The van der Waals surface area contributed by atoms with Crippen LogP contribution in [0.15, 0.2) is 21.5 Å². The van der Waals surface area contributed by atoms with Crippen molar-refractivity contribution in [1.82, 2.24) is 14.5 Å². The lowest BCUT2D eigenvalue weighted by molar-refractivity contribution is 0.357. The van der Waals surface area contributed by atoms with Crippen LogP contribution in [0.3, 0.4) is 0 Å². The van der Waals surface area contributed by atoms with E-state index in [1.165, 1.54) is 17.4 Å². The summed E-state index contributed by atoms with van der Waals surface area (Å²) in [6.07, 6.45) is 0. The van der Waals surface area contributed by atoms with Crippen LogP contribution in [0.4, 0.5) is 4.39 Å². The zero-order valence-corrected chi connectivity index (χ0v) is 15.1. The highest BCUT2D eigenvalue weighted by molar-refractivity contribution is 9.10. The molecular weight excluding hydrogens is 361 g/mol. The van der Waals surface area contributed by atoms with Crippen LogP contribution >= 0.6 is 15.9 Å². The maximum absolute atomic E-state index is 14.4. The minimum absolute atomic E-state index is 0.259. The van der Waals surface area contributed by atoms with E-state index >= 15 is 0 Å². The van der Waals surface area contributed by atoms with Crippen LogP contribution in [0.5, 0.6) is 0 Å². The van der Waals surface area contributed by atoms with Gasteiger partial charge in [0, 0.05) is 36.7 Å². The van der Waals surface area contributed by atoms with Gasteiger partial charge in [-0.3, -0.25) is 0 Å². The molecule has 1 N–H and O–H groups in total. The van der Waals surface area contributed by atoms with Crippen molar-refractivity contribution in [1.29, 1.82) is 0 Å². The largest absolute Gasteiger partial charge is 0.316 e. The highest BCUT2D eigenvalue weighted by Crippen LogP contribution is 2.26. The third-order valence-electron chi connectivity index (χ3n) is 3.00. The molecule has 0 aliphatic carbocycles. The van der Waals surface area contributed by atoms with Crippen molar-refractivity contribution in [2.75, 3.05) is 41.3 Å². The Labute approximate surface area is 134 Å². The van der Waals surface area contributed by atoms with E-state index in [1.54, 1.807) is 13.1 Å². The predicted octanol–water partition coefficient (Wildman–Crippen LogP) is 1.49. The average molecular weight is 382 g/mol. The van der Waals surface area contributed by atoms with Gasteiger partial charge in [0.15, 0.2) is 0 Å². The molecule has 0 bridgehead atoms. The quantitative estimate of drug-likeness (QED) is 0.777. The average Bonchev–Trinajstić information content (AvgIpc) is 2.39. The first-order valence-electron chi connectivity index (χ1n) is 6.43. The topological polar surface area (TPSA) is 52.7 Å². The van der Waals surface area contributed by atoms with E-state index in [9.17, 15) is 12.8 Å². The monoisotopic (exact) mass is 381 g/mol. The molecule has 1 aromatic carbocycles. The molecule has 0 amide bonds. The van der Waals surface area contributed by atoms with E-state index in [1.807, 2.05) is 19.0 Å². The summed E-state index contributed by atoms with van der Waals surface area (Å²) in [5.41, 5.74) is 0.312. The van der Waals surface area contributed by atoms with Gasteiger partial charge in [0.2, 0.25) is 10.0 Å². The number of sulfonamides is 1. The van der Waals surface area contributed by atoms with Crippen LogP contribution in [0.25, 0.3) is 0 Å². The molecular formula is C13H21BrFN3O2S. The molecule has 0 heterocycles. The van der Waals surface area contributed by atoms with Gasteiger partial charge < -0.3 is 10.2 Å². The fourth-order valence-corrected chi connectivity index (χ4v) is 3.70. The second-order valence-corrected chi connectivity index (χ2v) is 7.97. The molecule has 0 atom stereocenters. The van der Waals surface area contributed by atoms with Crippen LogP contribution in [0.1, 0.15) is 5.56 Å². The molecule has 8 heteroatoms. The molecule has 0 saturated carbocycles. The van der Waals surface area contributed by atoms with E-state index in [2.05, 4.69) is 21.2 Å². The number of likely N-dealkylation sites (N-methyl/N-ethyl adjacent to an activating group) is 2. The van der Waals surface area contributed by atoms with Gasteiger partial charge in [0.25, 0.3) is 0 Å². The Morgan fingerprint density at radius 2 is 1.86 bits per heavy atom. The van der Waals surface area contributed by atoms with Crippen molar-refractivity contribution in [2.45, 2.75) is 11.4 Å². The van der Waals surface area contributed by atoms with E-state index in [0.717, 1.165) is 0 Å². The summed E-state index contributed by atoms with van der Waals surface area (Å²) in [6, 6.07) is 2.88. The van der Waals surface area contributed by atoms with E-state index in [-0.39, 0.29) is 11.4 Å². The first kappa shape index (κ1) is 18.5. The van der Waals surface area contributed by atoms with Gasteiger partial charge in [0.1, 0.15) is 10.7 Å². The number of halogens is 2. The number of hydrogen-bond donors (Lipinski definition) is 1. The van der Waals surface area contributed by atoms with E-state index in [4.69, 9.17) is 0 Å². The van der Waals surface area contributed by atoms with Crippen molar-refractivity contribution in [3.8, 4) is 0 Å². The number of rotatable bonds is 7. The van der Waals surface area contributed by atoms with Crippen LogP contribution in [-0.4, -0.2) is 58.9 Å². The van der Waals surface area contributed by atoms with Crippen molar-refractivity contribution in [2.24, 2.45) is 0 Å². The normalized spacial score (nSPS) is 12.4. The second kappa shape index (κ2) is 7.64.